The first-order chi connectivity index (χ1) is 13.8. The lowest BCUT2D eigenvalue weighted by Crippen LogP contribution is -2.47. The number of benzene rings is 2. The van der Waals surface area contributed by atoms with E-state index >= 15 is 0 Å². The Hall–Kier alpha value is -2.66. The first-order valence-electron chi connectivity index (χ1n) is 8.94. The number of hydrogen-bond acceptors (Lipinski definition) is 5. The van der Waals surface area contributed by atoms with Crippen molar-refractivity contribution in [2.24, 2.45) is 0 Å². The van der Waals surface area contributed by atoms with Crippen molar-refractivity contribution >= 4 is 43.0 Å². The van der Waals surface area contributed by atoms with E-state index in [2.05, 4.69) is 5.32 Å². The highest BCUT2D eigenvalue weighted by atomic mass is 32.2. The molecule has 0 aliphatic heterocycles. The van der Waals surface area contributed by atoms with E-state index in [1.54, 1.807) is 25.1 Å². The molecule has 0 saturated carbocycles. The molecule has 0 aliphatic carbocycles. The Morgan fingerprint density at radius 2 is 1.60 bits per heavy atom. The van der Waals surface area contributed by atoms with Crippen LogP contribution in [0, 0.1) is 5.82 Å². The molecule has 1 atom stereocenters. The Bertz CT molecular complexity index is 1120. The molecular weight excluding hydrogens is 433 g/mol. The highest BCUT2D eigenvalue weighted by Crippen LogP contribution is 2.25. The number of carbonyl (C=O) groups is 1. The van der Waals surface area contributed by atoms with E-state index in [9.17, 15) is 26.0 Å². The lowest BCUT2D eigenvalue weighted by Gasteiger charge is -2.30. The van der Waals surface area contributed by atoms with Gasteiger partial charge in [0, 0.05) is 12.7 Å². The number of amides is 1. The molecule has 0 heterocycles. The molecule has 2 aromatic rings. The minimum absolute atomic E-state index is 0.152. The summed E-state index contributed by atoms with van der Waals surface area (Å²) in [5, 5.41) is 2.63. The van der Waals surface area contributed by atoms with E-state index in [4.69, 9.17) is 0 Å². The lowest BCUT2D eigenvalue weighted by atomic mass is 10.1. The van der Waals surface area contributed by atoms with Gasteiger partial charge >= 0.3 is 0 Å². The molecular formula is C19H24FN3O5S2. The second-order valence-electron chi connectivity index (χ2n) is 6.73. The minimum Gasteiger partial charge on any atom is -0.324 e. The molecule has 0 bridgehead atoms. The summed E-state index contributed by atoms with van der Waals surface area (Å²) in [6.07, 6.45) is 2.17. The number of nitrogens with zero attached hydrogens (tertiary/aromatic N) is 2. The van der Waals surface area contributed by atoms with Gasteiger partial charge in [0.1, 0.15) is 11.9 Å². The van der Waals surface area contributed by atoms with Gasteiger partial charge in [0.25, 0.3) is 0 Å². The monoisotopic (exact) mass is 457 g/mol. The average Bonchev–Trinajstić information content (AvgIpc) is 2.64. The third kappa shape index (κ3) is 5.70. The van der Waals surface area contributed by atoms with Crippen molar-refractivity contribution < 1.29 is 26.0 Å². The topological polar surface area (TPSA) is 104 Å². The van der Waals surface area contributed by atoms with Gasteiger partial charge < -0.3 is 5.32 Å². The molecule has 30 heavy (non-hydrogen) atoms. The van der Waals surface area contributed by atoms with Gasteiger partial charge in [0.05, 0.1) is 23.9 Å². The van der Waals surface area contributed by atoms with E-state index in [0.29, 0.717) is 11.4 Å². The standard InChI is InChI=1S/C19H24FN3O5S2/c1-5-18(23(30(4,27)28)16-11-9-14(20)10-12-16)19(24)21-15-7-6-8-17(13-15)22(2)29(3,25)26/h6-13,18H,5H2,1-4H3,(H,21,24)/t18-/m1/s1. The highest BCUT2D eigenvalue weighted by molar-refractivity contribution is 7.92. The van der Waals surface area contributed by atoms with Crippen LogP contribution in [0.2, 0.25) is 0 Å². The van der Waals surface area contributed by atoms with Crippen LogP contribution in [0.1, 0.15) is 13.3 Å². The predicted octanol–water partition coefficient (Wildman–Crippen LogP) is 2.40. The molecule has 0 unspecified atom stereocenters. The number of nitrogens with one attached hydrogen (secondary N) is 1. The molecule has 0 fully saturated rings. The number of hydrogen-bond donors (Lipinski definition) is 1. The summed E-state index contributed by atoms with van der Waals surface area (Å²) in [4.78, 5) is 12.9. The van der Waals surface area contributed by atoms with Crippen molar-refractivity contribution in [2.45, 2.75) is 19.4 Å². The summed E-state index contributed by atoms with van der Waals surface area (Å²) in [6.45, 7) is 1.65. The fraction of sp³-hybridized carbons (Fsp3) is 0.316. The zero-order valence-corrected chi connectivity index (χ0v) is 18.7. The van der Waals surface area contributed by atoms with E-state index in [1.165, 1.54) is 25.2 Å². The zero-order valence-electron chi connectivity index (χ0n) is 17.0. The van der Waals surface area contributed by atoms with Crippen LogP contribution in [0.25, 0.3) is 0 Å². The summed E-state index contributed by atoms with van der Waals surface area (Å²) >= 11 is 0. The Morgan fingerprint density at radius 1 is 1.00 bits per heavy atom. The molecule has 0 aliphatic rings. The van der Waals surface area contributed by atoms with Crippen LogP contribution in [0.15, 0.2) is 48.5 Å². The van der Waals surface area contributed by atoms with Crippen molar-refractivity contribution in [3.05, 3.63) is 54.3 Å². The number of sulfonamides is 2. The third-order valence-electron chi connectivity index (χ3n) is 4.39. The highest BCUT2D eigenvalue weighted by Gasteiger charge is 2.31. The fourth-order valence-corrected chi connectivity index (χ4v) is 4.55. The van der Waals surface area contributed by atoms with E-state index < -0.39 is 37.8 Å². The van der Waals surface area contributed by atoms with Gasteiger partial charge in [-0.05, 0) is 48.9 Å². The lowest BCUT2D eigenvalue weighted by molar-refractivity contribution is -0.117. The molecule has 8 nitrogen and oxygen atoms in total. The quantitative estimate of drug-likeness (QED) is 0.656. The maximum atomic E-state index is 13.3. The molecule has 1 amide bonds. The van der Waals surface area contributed by atoms with Gasteiger partial charge in [-0.1, -0.05) is 13.0 Å². The first kappa shape index (κ1) is 23.6. The van der Waals surface area contributed by atoms with Gasteiger partial charge in [-0.2, -0.15) is 0 Å². The van der Waals surface area contributed by atoms with Crippen molar-refractivity contribution in [1.29, 1.82) is 0 Å². The zero-order chi connectivity index (χ0) is 22.7. The van der Waals surface area contributed by atoms with Crippen LogP contribution < -0.4 is 13.9 Å². The van der Waals surface area contributed by atoms with Crippen LogP contribution in [0.4, 0.5) is 21.5 Å². The second kappa shape index (κ2) is 9.00. The number of rotatable bonds is 8. The molecule has 0 spiro atoms. The molecule has 0 radical (unpaired) electrons. The van der Waals surface area contributed by atoms with Crippen LogP contribution in [0.5, 0.6) is 0 Å². The maximum absolute atomic E-state index is 13.3. The maximum Gasteiger partial charge on any atom is 0.248 e. The van der Waals surface area contributed by atoms with Crippen LogP contribution in [0.3, 0.4) is 0 Å². The summed E-state index contributed by atoms with van der Waals surface area (Å²) in [5.41, 5.74) is 0.798. The van der Waals surface area contributed by atoms with Gasteiger partial charge in [-0.25, -0.2) is 21.2 Å². The largest absolute Gasteiger partial charge is 0.324 e. The van der Waals surface area contributed by atoms with Crippen molar-refractivity contribution in [2.75, 3.05) is 33.5 Å². The summed E-state index contributed by atoms with van der Waals surface area (Å²) in [5.74, 6) is -1.14. The van der Waals surface area contributed by atoms with Crippen LogP contribution in [-0.4, -0.2) is 48.3 Å². The Balaban J connectivity index is 2.36. The molecule has 0 saturated heterocycles. The number of carbonyl (C=O) groups excluding carboxylic acids is 1. The summed E-state index contributed by atoms with van der Waals surface area (Å²) in [7, 11) is -5.97. The Morgan fingerprint density at radius 3 is 2.10 bits per heavy atom. The number of anilines is 3. The summed E-state index contributed by atoms with van der Waals surface area (Å²) in [6, 6.07) is 9.87. The average molecular weight is 458 g/mol. The molecule has 2 aromatic carbocycles. The second-order valence-corrected chi connectivity index (χ2v) is 10.6. The van der Waals surface area contributed by atoms with Gasteiger partial charge in [-0.3, -0.25) is 13.4 Å². The minimum atomic E-state index is -3.86. The Kier molecular flexibility index (Phi) is 7.09. The Labute approximate surface area is 176 Å². The molecule has 0 aromatic heterocycles. The van der Waals surface area contributed by atoms with Crippen LogP contribution in [-0.2, 0) is 24.8 Å². The van der Waals surface area contributed by atoms with Gasteiger partial charge in [-0.15, -0.1) is 0 Å². The van der Waals surface area contributed by atoms with E-state index in [1.807, 2.05) is 0 Å². The van der Waals surface area contributed by atoms with Crippen molar-refractivity contribution in [1.82, 2.24) is 0 Å². The molecule has 2 rings (SSSR count). The third-order valence-corrected chi connectivity index (χ3v) is 6.77. The predicted molar refractivity (Wildman–Crippen MR) is 116 cm³/mol. The van der Waals surface area contributed by atoms with E-state index in [-0.39, 0.29) is 12.1 Å². The normalized spacial score (nSPS) is 12.8. The SMILES string of the molecule is CC[C@H](C(=O)Nc1cccc(N(C)S(C)(=O)=O)c1)N(c1ccc(F)cc1)S(C)(=O)=O. The van der Waals surface area contributed by atoms with Crippen LogP contribution >= 0.6 is 0 Å². The van der Waals surface area contributed by atoms with Crippen molar-refractivity contribution in [3.8, 4) is 0 Å². The molecule has 11 heteroatoms. The molecule has 164 valence electrons. The van der Waals surface area contributed by atoms with E-state index in [0.717, 1.165) is 33.3 Å². The fourth-order valence-electron chi connectivity index (χ4n) is 2.84. The van der Waals surface area contributed by atoms with Gasteiger partial charge in [0.2, 0.25) is 26.0 Å². The smallest absolute Gasteiger partial charge is 0.248 e. The van der Waals surface area contributed by atoms with Crippen molar-refractivity contribution in [3.63, 3.8) is 0 Å². The number of halogens is 1. The molecule has 1 N–H and O–H groups in total. The van der Waals surface area contributed by atoms with Gasteiger partial charge in [0.15, 0.2) is 0 Å². The first-order valence-corrected chi connectivity index (χ1v) is 12.6. The summed E-state index contributed by atoms with van der Waals surface area (Å²) < 4.78 is 63.6.